The van der Waals surface area contributed by atoms with E-state index < -0.39 is 9.05 Å². The average molecular weight is 257 g/mol. The van der Waals surface area contributed by atoms with Gasteiger partial charge in [0, 0.05) is 23.3 Å². The molecule has 1 aromatic heterocycles. The minimum Gasteiger partial charge on any atom is -0.334 e. The van der Waals surface area contributed by atoms with Gasteiger partial charge in [0.15, 0.2) is 0 Å². The van der Waals surface area contributed by atoms with E-state index in [1.807, 2.05) is 13.1 Å². The van der Waals surface area contributed by atoms with Crippen LogP contribution in [0.1, 0.15) is 0 Å². The Morgan fingerprint density at radius 3 is 2.69 bits per heavy atom. The summed E-state index contributed by atoms with van der Waals surface area (Å²) >= 11 is 0. The van der Waals surface area contributed by atoms with Crippen LogP contribution in [0.4, 0.5) is 0 Å². The van der Waals surface area contributed by atoms with Crippen molar-refractivity contribution in [3.8, 4) is 11.3 Å². The van der Waals surface area contributed by atoms with Gasteiger partial charge in [0.25, 0.3) is 9.05 Å². The number of nitrogens with zero attached hydrogens (tertiary/aromatic N) is 2. The van der Waals surface area contributed by atoms with Crippen LogP contribution in [0.5, 0.6) is 0 Å². The normalized spacial score (nSPS) is 11.6. The van der Waals surface area contributed by atoms with Gasteiger partial charge in [0.05, 0.1) is 23.1 Å². The first-order chi connectivity index (χ1) is 7.48. The van der Waals surface area contributed by atoms with E-state index in [0.29, 0.717) is 0 Å². The maximum absolute atomic E-state index is 11.2. The van der Waals surface area contributed by atoms with Gasteiger partial charge < -0.3 is 4.57 Å². The number of imidazole rings is 1. The molecule has 84 valence electrons. The fourth-order valence-electron chi connectivity index (χ4n) is 1.44. The zero-order valence-electron chi connectivity index (χ0n) is 8.46. The van der Waals surface area contributed by atoms with Crippen molar-refractivity contribution in [3.63, 3.8) is 0 Å². The summed E-state index contributed by atoms with van der Waals surface area (Å²) in [5.74, 6) is 0. The van der Waals surface area contributed by atoms with Crippen molar-refractivity contribution in [2.24, 2.45) is 7.05 Å². The van der Waals surface area contributed by atoms with E-state index in [0.717, 1.165) is 11.3 Å². The first kappa shape index (κ1) is 11.2. The summed E-state index contributed by atoms with van der Waals surface area (Å²) in [6.45, 7) is 0. The van der Waals surface area contributed by atoms with Crippen molar-refractivity contribution in [2.45, 2.75) is 4.90 Å². The minimum absolute atomic E-state index is 0.0906. The average Bonchev–Trinajstić information content (AvgIpc) is 2.63. The van der Waals surface area contributed by atoms with E-state index in [9.17, 15) is 8.42 Å². The molecule has 0 aliphatic heterocycles. The Balaban J connectivity index is 2.57. The van der Waals surface area contributed by atoms with Crippen LogP contribution in [0.3, 0.4) is 0 Å². The zero-order valence-corrected chi connectivity index (χ0v) is 10.0. The smallest absolute Gasteiger partial charge is 0.261 e. The van der Waals surface area contributed by atoms with Gasteiger partial charge in [-0.2, -0.15) is 0 Å². The van der Waals surface area contributed by atoms with E-state index in [-0.39, 0.29) is 4.90 Å². The molecule has 0 fully saturated rings. The third kappa shape index (κ3) is 2.10. The highest BCUT2D eigenvalue weighted by Gasteiger charge is 2.11. The van der Waals surface area contributed by atoms with Crippen LogP contribution >= 0.6 is 10.7 Å². The quantitative estimate of drug-likeness (QED) is 0.773. The van der Waals surface area contributed by atoms with E-state index in [4.69, 9.17) is 10.7 Å². The lowest BCUT2D eigenvalue weighted by molar-refractivity contribution is 0.609. The first-order valence-electron chi connectivity index (χ1n) is 4.50. The van der Waals surface area contributed by atoms with Gasteiger partial charge in [-0.1, -0.05) is 12.1 Å². The van der Waals surface area contributed by atoms with Crippen LogP contribution in [-0.2, 0) is 16.1 Å². The predicted octanol–water partition coefficient (Wildman–Crippen LogP) is 2.01. The SMILES string of the molecule is Cn1cncc1-c1cccc(S(=O)(=O)Cl)c1. The molecule has 2 rings (SSSR count). The molecule has 0 amide bonds. The number of rotatable bonds is 2. The molecule has 0 saturated heterocycles. The second kappa shape index (κ2) is 3.92. The second-order valence-corrected chi connectivity index (χ2v) is 5.92. The molecule has 1 heterocycles. The van der Waals surface area contributed by atoms with Crippen molar-refractivity contribution in [2.75, 3.05) is 0 Å². The highest BCUT2D eigenvalue weighted by molar-refractivity contribution is 8.13. The second-order valence-electron chi connectivity index (χ2n) is 3.36. The fourth-order valence-corrected chi connectivity index (χ4v) is 2.24. The van der Waals surface area contributed by atoms with Crippen molar-refractivity contribution in [1.29, 1.82) is 0 Å². The first-order valence-corrected chi connectivity index (χ1v) is 6.81. The number of halogens is 1. The molecule has 6 heteroatoms. The van der Waals surface area contributed by atoms with Gasteiger partial charge in [-0.25, -0.2) is 13.4 Å². The maximum atomic E-state index is 11.2. The number of aromatic nitrogens is 2. The number of hydrogen-bond donors (Lipinski definition) is 0. The lowest BCUT2D eigenvalue weighted by Gasteiger charge is -2.03. The van der Waals surface area contributed by atoms with Gasteiger partial charge in [0.1, 0.15) is 0 Å². The van der Waals surface area contributed by atoms with Crippen LogP contribution in [0.15, 0.2) is 41.7 Å². The number of hydrogen-bond acceptors (Lipinski definition) is 3. The number of benzene rings is 1. The Labute approximate surface area is 97.9 Å². The molecule has 0 N–H and O–H groups in total. The Morgan fingerprint density at radius 1 is 1.38 bits per heavy atom. The topological polar surface area (TPSA) is 52.0 Å². The third-order valence-electron chi connectivity index (χ3n) is 2.23. The highest BCUT2D eigenvalue weighted by Crippen LogP contribution is 2.23. The molecule has 0 aliphatic rings. The van der Waals surface area contributed by atoms with Gasteiger partial charge >= 0.3 is 0 Å². The summed E-state index contributed by atoms with van der Waals surface area (Å²) in [5, 5.41) is 0. The van der Waals surface area contributed by atoms with Crippen LogP contribution in [0.2, 0.25) is 0 Å². The zero-order chi connectivity index (χ0) is 11.8. The molecule has 0 bridgehead atoms. The molecule has 0 unspecified atom stereocenters. The minimum atomic E-state index is -3.69. The fraction of sp³-hybridized carbons (Fsp3) is 0.100. The Hall–Kier alpha value is -1.33. The molecule has 0 aliphatic carbocycles. The largest absolute Gasteiger partial charge is 0.334 e. The van der Waals surface area contributed by atoms with Gasteiger partial charge in [-0.15, -0.1) is 0 Å². The maximum Gasteiger partial charge on any atom is 0.261 e. The number of aryl methyl sites for hydroxylation is 1. The monoisotopic (exact) mass is 256 g/mol. The summed E-state index contributed by atoms with van der Waals surface area (Å²) in [7, 11) is 3.43. The standard InChI is InChI=1S/C10H9ClN2O2S/c1-13-7-12-6-10(13)8-3-2-4-9(5-8)16(11,14)15/h2-7H,1H3. The molecule has 0 radical (unpaired) electrons. The van der Waals surface area contributed by atoms with Crippen molar-refractivity contribution in [1.82, 2.24) is 9.55 Å². The summed E-state index contributed by atoms with van der Waals surface area (Å²) in [5.41, 5.74) is 1.60. The van der Waals surface area contributed by atoms with E-state index in [2.05, 4.69) is 4.98 Å². The highest BCUT2D eigenvalue weighted by atomic mass is 35.7. The lowest BCUT2D eigenvalue weighted by atomic mass is 10.2. The van der Waals surface area contributed by atoms with Crippen LogP contribution in [0, 0.1) is 0 Å². The summed E-state index contributed by atoms with van der Waals surface area (Å²) in [6, 6.07) is 6.45. The summed E-state index contributed by atoms with van der Waals surface area (Å²) in [4.78, 5) is 4.06. The van der Waals surface area contributed by atoms with E-state index >= 15 is 0 Å². The molecular weight excluding hydrogens is 248 g/mol. The summed E-state index contributed by atoms with van der Waals surface area (Å²) in [6.07, 6.45) is 3.32. The molecule has 0 saturated carbocycles. The van der Waals surface area contributed by atoms with Crippen molar-refractivity contribution in [3.05, 3.63) is 36.8 Å². The van der Waals surface area contributed by atoms with Gasteiger partial charge in [-0.05, 0) is 12.1 Å². The third-order valence-corrected chi connectivity index (χ3v) is 3.58. The summed E-state index contributed by atoms with van der Waals surface area (Å²) < 4.78 is 24.2. The van der Waals surface area contributed by atoms with Crippen molar-refractivity contribution < 1.29 is 8.42 Å². The van der Waals surface area contributed by atoms with Crippen molar-refractivity contribution >= 4 is 19.7 Å². The molecule has 0 spiro atoms. The van der Waals surface area contributed by atoms with E-state index in [1.165, 1.54) is 12.1 Å². The Bertz CT molecular complexity index is 619. The van der Waals surface area contributed by atoms with Gasteiger partial charge in [-0.3, -0.25) is 0 Å². The molecule has 4 nitrogen and oxygen atoms in total. The molecular formula is C10H9ClN2O2S. The van der Waals surface area contributed by atoms with E-state index in [1.54, 1.807) is 23.2 Å². The molecule has 2 aromatic rings. The van der Waals surface area contributed by atoms with Crippen LogP contribution in [-0.4, -0.2) is 18.0 Å². The molecule has 1 aromatic carbocycles. The Morgan fingerprint density at radius 2 is 2.12 bits per heavy atom. The van der Waals surface area contributed by atoms with Gasteiger partial charge in [0.2, 0.25) is 0 Å². The molecule has 16 heavy (non-hydrogen) atoms. The van der Waals surface area contributed by atoms with Crippen LogP contribution < -0.4 is 0 Å². The predicted molar refractivity (Wildman–Crippen MR) is 61.7 cm³/mol. The lowest BCUT2D eigenvalue weighted by Crippen LogP contribution is -1.93. The molecule has 0 atom stereocenters. The Kier molecular flexibility index (Phi) is 2.73. The van der Waals surface area contributed by atoms with Crippen LogP contribution in [0.25, 0.3) is 11.3 Å².